The van der Waals surface area contributed by atoms with Gasteiger partial charge in [-0.25, -0.2) is 15.8 Å². The van der Waals surface area contributed by atoms with Gasteiger partial charge in [-0.1, -0.05) is 19.3 Å². The summed E-state index contributed by atoms with van der Waals surface area (Å²) in [6.45, 7) is 1.33. The second-order valence-corrected chi connectivity index (χ2v) is 4.81. The van der Waals surface area contributed by atoms with Crippen molar-refractivity contribution in [2.24, 2.45) is 5.84 Å². The average molecular weight is 281 g/mol. The fraction of sp³-hybridized carbons (Fsp3) is 0.692. The van der Waals surface area contributed by atoms with Crippen molar-refractivity contribution >= 4 is 11.6 Å². The Morgan fingerprint density at radius 1 is 1.25 bits per heavy atom. The third-order valence-electron chi connectivity index (χ3n) is 3.44. The van der Waals surface area contributed by atoms with E-state index in [0.717, 1.165) is 0 Å². The molecule has 0 aliphatic heterocycles. The van der Waals surface area contributed by atoms with Crippen molar-refractivity contribution in [3.8, 4) is 5.75 Å². The summed E-state index contributed by atoms with van der Waals surface area (Å²) >= 11 is 0. The molecule has 0 unspecified atom stereocenters. The maximum absolute atomic E-state index is 5.85. The molecular weight excluding hydrogens is 258 g/mol. The fourth-order valence-electron chi connectivity index (χ4n) is 2.42. The Labute approximate surface area is 119 Å². The largest absolute Gasteiger partial charge is 0.490 e. The average Bonchev–Trinajstić information content (AvgIpc) is 2.52. The lowest BCUT2D eigenvalue weighted by atomic mass is 9.98. The highest BCUT2D eigenvalue weighted by Gasteiger charge is 2.14. The van der Waals surface area contributed by atoms with Crippen LogP contribution in [0.15, 0.2) is 6.33 Å². The van der Waals surface area contributed by atoms with Crippen molar-refractivity contribution in [2.75, 3.05) is 31.0 Å². The number of nitrogens with one attached hydrogen (secondary N) is 2. The summed E-state index contributed by atoms with van der Waals surface area (Å²) in [5.41, 5.74) is 2.48. The molecule has 1 aliphatic carbocycles. The molecule has 0 saturated heterocycles. The van der Waals surface area contributed by atoms with E-state index in [0.29, 0.717) is 36.6 Å². The Bertz CT molecular complexity index is 410. The zero-order valence-electron chi connectivity index (χ0n) is 11.9. The number of nitrogens with zero attached hydrogens (tertiary/aromatic N) is 2. The molecule has 1 aliphatic rings. The van der Waals surface area contributed by atoms with Crippen LogP contribution in [0.5, 0.6) is 5.75 Å². The zero-order valence-corrected chi connectivity index (χ0v) is 11.9. The lowest BCUT2D eigenvalue weighted by Crippen LogP contribution is -2.21. The van der Waals surface area contributed by atoms with Crippen LogP contribution in [-0.2, 0) is 4.74 Å². The third-order valence-corrected chi connectivity index (χ3v) is 3.44. The van der Waals surface area contributed by atoms with E-state index in [1.165, 1.54) is 38.4 Å². The molecule has 20 heavy (non-hydrogen) atoms. The number of nitrogen functional groups attached to an aromatic ring is 1. The minimum absolute atomic E-state index is 0.416. The molecule has 4 N–H and O–H groups in total. The van der Waals surface area contributed by atoms with Gasteiger partial charge in [-0.15, -0.1) is 0 Å². The first-order valence-corrected chi connectivity index (χ1v) is 7.06. The first-order valence-electron chi connectivity index (χ1n) is 7.06. The van der Waals surface area contributed by atoms with E-state index >= 15 is 0 Å². The number of aromatic nitrogens is 2. The van der Waals surface area contributed by atoms with Crippen LogP contribution in [0.3, 0.4) is 0 Å². The Morgan fingerprint density at radius 3 is 2.70 bits per heavy atom. The number of rotatable bonds is 7. The highest BCUT2D eigenvalue weighted by Crippen LogP contribution is 2.27. The predicted octanol–water partition coefficient (Wildman–Crippen LogP) is 1.53. The van der Waals surface area contributed by atoms with Gasteiger partial charge in [-0.05, 0) is 12.8 Å². The van der Waals surface area contributed by atoms with Crippen molar-refractivity contribution in [1.29, 1.82) is 0 Å². The van der Waals surface area contributed by atoms with Crippen LogP contribution < -0.4 is 21.3 Å². The summed E-state index contributed by atoms with van der Waals surface area (Å²) in [6.07, 6.45) is 8.11. The van der Waals surface area contributed by atoms with Crippen LogP contribution in [0.1, 0.15) is 32.1 Å². The van der Waals surface area contributed by atoms with Crippen LogP contribution in [0, 0.1) is 0 Å². The summed E-state index contributed by atoms with van der Waals surface area (Å²) in [6, 6.07) is 0. The Hall–Kier alpha value is -1.60. The van der Waals surface area contributed by atoms with Gasteiger partial charge in [0.15, 0.2) is 11.6 Å². The van der Waals surface area contributed by atoms with Gasteiger partial charge < -0.3 is 20.2 Å². The van der Waals surface area contributed by atoms with Gasteiger partial charge in [-0.2, -0.15) is 0 Å². The number of anilines is 2. The van der Waals surface area contributed by atoms with Crippen molar-refractivity contribution in [3.05, 3.63) is 6.33 Å². The third kappa shape index (κ3) is 3.94. The molecule has 7 nitrogen and oxygen atoms in total. The van der Waals surface area contributed by atoms with E-state index in [1.54, 1.807) is 7.11 Å². The summed E-state index contributed by atoms with van der Waals surface area (Å²) in [5, 5.41) is 3.18. The predicted molar refractivity (Wildman–Crippen MR) is 77.7 cm³/mol. The standard InChI is InChI=1S/C13H23N5O2/c1-19-11-12(16-9-17-13(11)18-14)15-7-8-20-10-5-3-2-4-6-10/h9-10H,2-8,14H2,1H3,(H2,15,16,17,18). The number of nitrogens with two attached hydrogens (primary N) is 1. The first-order chi connectivity index (χ1) is 9.85. The number of ether oxygens (including phenoxy) is 2. The molecule has 0 spiro atoms. The van der Waals surface area contributed by atoms with E-state index in [2.05, 4.69) is 20.7 Å². The highest BCUT2D eigenvalue weighted by atomic mass is 16.5. The Balaban J connectivity index is 1.78. The van der Waals surface area contributed by atoms with Crippen molar-refractivity contribution < 1.29 is 9.47 Å². The highest BCUT2D eigenvalue weighted by molar-refractivity contribution is 5.62. The van der Waals surface area contributed by atoms with Crippen molar-refractivity contribution in [2.45, 2.75) is 38.2 Å². The Kier molecular flexibility index (Phi) is 5.82. The van der Waals surface area contributed by atoms with Crippen LogP contribution >= 0.6 is 0 Å². The number of hydrogen-bond acceptors (Lipinski definition) is 7. The minimum atomic E-state index is 0.416. The van der Waals surface area contributed by atoms with Gasteiger partial charge in [0.05, 0.1) is 19.8 Å². The van der Waals surface area contributed by atoms with E-state index in [-0.39, 0.29) is 0 Å². The zero-order chi connectivity index (χ0) is 14.2. The summed E-state index contributed by atoms with van der Waals surface area (Å²) in [5.74, 6) is 6.95. The molecule has 2 rings (SSSR count). The molecule has 1 saturated carbocycles. The molecule has 1 aromatic heterocycles. The van der Waals surface area contributed by atoms with Gasteiger partial charge in [0.1, 0.15) is 6.33 Å². The summed E-state index contributed by atoms with van der Waals surface area (Å²) < 4.78 is 11.1. The molecule has 112 valence electrons. The molecule has 0 amide bonds. The van der Waals surface area contributed by atoms with Crippen LogP contribution in [-0.4, -0.2) is 36.3 Å². The lowest BCUT2D eigenvalue weighted by Gasteiger charge is -2.22. The van der Waals surface area contributed by atoms with Gasteiger partial charge >= 0.3 is 0 Å². The molecule has 0 bridgehead atoms. The maximum atomic E-state index is 5.85. The lowest BCUT2D eigenvalue weighted by molar-refractivity contribution is 0.0347. The minimum Gasteiger partial charge on any atom is -0.490 e. The second-order valence-electron chi connectivity index (χ2n) is 4.81. The smallest absolute Gasteiger partial charge is 0.205 e. The fourth-order valence-corrected chi connectivity index (χ4v) is 2.42. The Morgan fingerprint density at radius 2 is 2.00 bits per heavy atom. The van der Waals surface area contributed by atoms with Gasteiger partial charge in [-0.3, -0.25) is 0 Å². The number of methoxy groups -OCH3 is 1. The topological polar surface area (TPSA) is 94.3 Å². The summed E-state index contributed by atoms with van der Waals surface area (Å²) in [7, 11) is 1.56. The molecule has 0 aromatic carbocycles. The quantitative estimate of drug-likeness (QED) is 0.396. The molecular formula is C13H23N5O2. The number of hydrogen-bond donors (Lipinski definition) is 3. The van der Waals surface area contributed by atoms with Gasteiger partial charge in [0.2, 0.25) is 5.75 Å². The van der Waals surface area contributed by atoms with Crippen molar-refractivity contribution in [1.82, 2.24) is 9.97 Å². The molecule has 1 heterocycles. The molecule has 1 fully saturated rings. The van der Waals surface area contributed by atoms with E-state index in [9.17, 15) is 0 Å². The molecule has 0 radical (unpaired) electrons. The monoisotopic (exact) mass is 281 g/mol. The number of hydrazine groups is 1. The summed E-state index contributed by atoms with van der Waals surface area (Å²) in [4.78, 5) is 8.13. The van der Waals surface area contributed by atoms with Crippen LogP contribution in [0.25, 0.3) is 0 Å². The first kappa shape index (κ1) is 14.8. The molecule has 0 atom stereocenters. The molecule has 7 heteroatoms. The second kappa shape index (κ2) is 7.86. The van der Waals surface area contributed by atoms with Crippen LogP contribution in [0.4, 0.5) is 11.6 Å². The SMILES string of the molecule is COc1c(NN)ncnc1NCCOC1CCCCC1. The van der Waals surface area contributed by atoms with E-state index < -0.39 is 0 Å². The van der Waals surface area contributed by atoms with E-state index in [1.807, 2.05) is 0 Å². The normalized spacial score (nSPS) is 15.9. The molecule has 1 aromatic rings. The van der Waals surface area contributed by atoms with E-state index in [4.69, 9.17) is 15.3 Å². The van der Waals surface area contributed by atoms with Gasteiger partial charge in [0.25, 0.3) is 0 Å². The maximum Gasteiger partial charge on any atom is 0.205 e. The van der Waals surface area contributed by atoms with Crippen molar-refractivity contribution in [3.63, 3.8) is 0 Å². The van der Waals surface area contributed by atoms with Crippen LogP contribution in [0.2, 0.25) is 0 Å². The van der Waals surface area contributed by atoms with Gasteiger partial charge in [0, 0.05) is 6.54 Å².